The number of methoxy groups -OCH3 is 1. The van der Waals surface area contributed by atoms with Crippen molar-refractivity contribution >= 4 is 11.8 Å². The normalized spacial score (nSPS) is 13.5. The molecule has 0 aromatic heterocycles. The molecule has 0 spiro atoms. The van der Waals surface area contributed by atoms with E-state index in [1.165, 1.54) is 0 Å². The van der Waals surface area contributed by atoms with Gasteiger partial charge in [-0.1, -0.05) is 6.92 Å². The topological polar surface area (TPSA) is 35.2 Å². The first kappa shape index (κ1) is 10.3. The van der Waals surface area contributed by atoms with E-state index in [1.807, 2.05) is 11.8 Å². The Kier molecular flexibility index (Phi) is 7.58. The lowest BCUT2D eigenvalue weighted by Crippen LogP contribution is -2.13. The molecule has 0 rings (SSSR count). The van der Waals surface area contributed by atoms with E-state index in [-0.39, 0.29) is 0 Å². The summed E-state index contributed by atoms with van der Waals surface area (Å²) in [4.78, 5) is 0. The minimum Gasteiger partial charge on any atom is -0.385 e. The molecule has 0 aliphatic heterocycles. The van der Waals surface area contributed by atoms with Gasteiger partial charge in [0.25, 0.3) is 0 Å². The van der Waals surface area contributed by atoms with Gasteiger partial charge in [-0.25, -0.2) is 0 Å². The van der Waals surface area contributed by atoms with Gasteiger partial charge in [-0.05, 0) is 12.2 Å². The van der Waals surface area contributed by atoms with Crippen LogP contribution in [0, 0.1) is 0 Å². The zero-order valence-corrected chi connectivity index (χ0v) is 7.62. The molecule has 0 fully saturated rings. The van der Waals surface area contributed by atoms with E-state index < -0.39 is 0 Å². The van der Waals surface area contributed by atoms with Crippen molar-refractivity contribution in [1.29, 1.82) is 0 Å². The second-order valence-electron chi connectivity index (χ2n) is 2.26. The summed E-state index contributed by atoms with van der Waals surface area (Å²) >= 11 is 1.91. The lowest BCUT2D eigenvalue weighted by molar-refractivity contribution is 0.200. The number of rotatable bonds is 6. The van der Waals surface area contributed by atoms with Crippen LogP contribution < -0.4 is 5.73 Å². The van der Waals surface area contributed by atoms with Crippen LogP contribution in [0.2, 0.25) is 0 Å². The monoisotopic (exact) mass is 163 g/mol. The van der Waals surface area contributed by atoms with Gasteiger partial charge in [0.15, 0.2) is 0 Å². The van der Waals surface area contributed by atoms with Crippen LogP contribution in [0.3, 0.4) is 0 Å². The summed E-state index contributed by atoms with van der Waals surface area (Å²) in [5.74, 6) is 1.16. The molecule has 0 heterocycles. The van der Waals surface area contributed by atoms with Crippen molar-refractivity contribution in [3.05, 3.63) is 0 Å². The molecule has 0 aromatic carbocycles. The van der Waals surface area contributed by atoms with Gasteiger partial charge in [0, 0.05) is 25.5 Å². The minimum absolute atomic E-state index is 0.594. The zero-order valence-electron chi connectivity index (χ0n) is 6.80. The largest absolute Gasteiger partial charge is 0.385 e. The van der Waals surface area contributed by atoms with Crippen LogP contribution in [0.4, 0.5) is 0 Å². The molecule has 10 heavy (non-hydrogen) atoms. The number of hydrogen-bond acceptors (Lipinski definition) is 3. The van der Waals surface area contributed by atoms with E-state index in [2.05, 4.69) is 6.92 Å². The number of hydrogen-bond donors (Lipinski definition) is 1. The van der Waals surface area contributed by atoms with Gasteiger partial charge < -0.3 is 10.5 Å². The maximum absolute atomic E-state index is 5.43. The molecule has 3 heteroatoms. The van der Waals surface area contributed by atoms with E-state index in [1.54, 1.807) is 7.11 Å². The fourth-order valence-corrected chi connectivity index (χ4v) is 1.38. The summed E-state index contributed by atoms with van der Waals surface area (Å²) in [5, 5.41) is 0.594. The second kappa shape index (κ2) is 7.38. The van der Waals surface area contributed by atoms with Crippen LogP contribution in [0.1, 0.15) is 13.3 Å². The third-order valence-corrected chi connectivity index (χ3v) is 2.51. The minimum atomic E-state index is 0.594. The summed E-state index contributed by atoms with van der Waals surface area (Å²) < 4.78 is 4.91. The molecule has 0 aliphatic carbocycles. The summed E-state index contributed by atoms with van der Waals surface area (Å²) in [6, 6.07) is 0. The Morgan fingerprint density at radius 3 is 2.80 bits per heavy atom. The SMILES string of the molecule is COCCCSC(C)CN. The van der Waals surface area contributed by atoms with Crippen molar-refractivity contribution in [3.63, 3.8) is 0 Å². The first-order valence-corrected chi connectivity index (χ1v) is 4.66. The van der Waals surface area contributed by atoms with Crippen molar-refractivity contribution in [3.8, 4) is 0 Å². The van der Waals surface area contributed by atoms with Gasteiger partial charge in [-0.2, -0.15) is 11.8 Å². The number of ether oxygens (including phenoxy) is 1. The third kappa shape index (κ3) is 6.39. The highest BCUT2D eigenvalue weighted by molar-refractivity contribution is 7.99. The summed E-state index contributed by atoms with van der Waals surface area (Å²) in [6.45, 7) is 3.79. The molecular formula is C7H17NOS. The lowest BCUT2D eigenvalue weighted by Gasteiger charge is -2.06. The zero-order chi connectivity index (χ0) is 7.82. The molecular weight excluding hydrogens is 146 g/mol. The molecule has 0 aliphatic rings. The lowest BCUT2D eigenvalue weighted by atomic mass is 10.5. The van der Waals surface area contributed by atoms with E-state index in [9.17, 15) is 0 Å². The maximum atomic E-state index is 5.43. The van der Waals surface area contributed by atoms with Crippen LogP contribution in [-0.4, -0.2) is 31.3 Å². The molecule has 1 unspecified atom stereocenters. The first-order valence-electron chi connectivity index (χ1n) is 3.62. The highest BCUT2D eigenvalue weighted by Gasteiger charge is 1.97. The van der Waals surface area contributed by atoms with Gasteiger partial charge in [0.05, 0.1) is 0 Å². The Hall–Kier alpha value is 0.270. The summed E-state index contributed by atoms with van der Waals surface area (Å²) in [6.07, 6.45) is 1.13. The molecule has 1 atom stereocenters. The maximum Gasteiger partial charge on any atom is 0.0470 e. The Morgan fingerprint density at radius 2 is 2.30 bits per heavy atom. The highest BCUT2D eigenvalue weighted by Crippen LogP contribution is 2.09. The predicted octanol–water partition coefficient (Wildman–Crippen LogP) is 1.10. The Balaban J connectivity index is 2.89. The van der Waals surface area contributed by atoms with Crippen molar-refractivity contribution in [2.24, 2.45) is 5.73 Å². The van der Waals surface area contributed by atoms with E-state index >= 15 is 0 Å². The van der Waals surface area contributed by atoms with Gasteiger partial charge in [-0.3, -0.25) is 0 Å². The molecule has 2 N–H and O–H groups in total. The fourth-order valence-electron chi connectivity index (χ4n) is 0.556. The van der Waals surface area contributed by atoms with Crippen LogP contribution in [0.25, 0.3) is 0 Å². The molecule has 2 nitrogen and oxygen atoms in total. The first-order chi connectivity index (χ1) is 4.81. The van der Waals surface area contributed by atoms with Gasteiger partial charge in [0.1, 0.15) is 0 Å². The van der Waals surface area contributed by atoms with E-state index in [0.717, 1.165) is 25.3 Å². The molecule has 0 bridgehead atoms. The third-order valence-electron chi connectivity index (χ3n) is 1.23. The summed E-state index contributed by atoms with van der Waals surface area (Å²) in [7, 11) is 1.73. The van der Waals surface area contributed by atoms with Gasteiger partial charge in [-0.15, -0.1) is 0 Å². The van der Waals surface area contributed by atoms with Crippen LogP contribution in [0.5, 0.6) is 0 Å². The molecule has 62 valence electrons. The van der Waals surface area contributed by atoms with Crippen LogP contribution >= 0.6 is 11.8 Å². The molecule has 0 radical (unpaired) electrons. The van der Waals surface area contributed by atoms with Crippen molar-refractivity contribution in [1.82, 2.24) is 0 Å². The number of thioether (sulfide) groups is 1. The Bertz CT molecular complexity index is 70.6. The summed E-state index contributed by atoms with van der Waals surface area (Å²) in [5.41, 5.74) is 5.43. The molecule has 0 amide bonds. The second-order valence-corrected chi connectivity index (χ2v) is 3.81. The smallest absolute Gasteiger partial charge is 0.0470 e. The van der Waals surface area contributed by atoms with Crippen LogP contribution in [-0.2, 0) is 4.74 Å². The van der Waals surface area contributed by atoms with Gasteiger partial charge >= 0.3 is 0 Å². The molecule has 0 saturated heterocycles. The van der Waals surface area contributed by atoms with Crippen molar-refractivity contribution in [2.45, 2.75) is 18.6 Å². The van der Waals surface area contributed by atoms with E-state index in [4.69, 9.17) is 10.5 Å². The van der Waals surface area contributed by atoms with Crippen molar-refractivity contribution < 1.29 is 4.74 Å². The fraction of sp³-hybridized carbons (Fsp3) is 1.00. The predicted molar refractivity (Wildman–Crippen MR) is 47.5 cm³/mol. The average Bonchev–Trinajstić information content (AvgIpc) is 1.98. The van der Waals surface area contributed by atoms with Crippen molar-refractivity contribution in [2.75, 3.05) is 26.0 Å². The Morgan fingerprint density at radius 1 is 1.60 bits per heavy atom. The van der Waals surface area contributed by atoms with Crippen LogP contribution in [0.15, 0.2) is 0 Å². The Labute approximate surface area is 67.5 Å². The average molecular weight is 163 g/mol. The quantitative estimate of drug-likeness (QED) is 0.596. The molecule has 0 saturated carbocycles. The highest BCUT2D eigenvalue weighted by atomic mass is 32.2. The van der Waals surface area contributed by atoms with Gasteiger partial charge in [0.2, 0.25) is 0 Å². The standard InChI is InChI=1S/C7H17NOS/c1-7(6-8)10-5-3-4-9-2/h7H,3-6,8H2,1-2H3. The van der Waals surface area contributed by atoms with E-state index in [0.29, 0.717) is 5.25 Å². The molecule has 0 aromatic rings. The number of nitrogens with two attached hydrogens (primary N) is 1.